The predicted molar refractivity (Wildman–Crippen MR) is 72.1 cm³/mol. The summed E-state index contributed by atoms with van der Waals surface area (Å²) in [5.41, 5.74) is -0.143. The van der Waals surface area contributed by atoms with Crippen molar-refractivity contribution < 1.29 is 4.79 Å². The molecule has 1 saturated heterocycles. The van der Waals surface area contributed by atoms with Crippen LogP contribution < -0.4 is 5.56 Å². The first-order valence-electron chi connectivity index (χ1n) is 6.52. The molecule has 0 atom stereocenters. The number of likely N-dealkylation sites (N-methyl/N-ethyl adjacent to an activating group) is 1. The molecule has 0 spiro atoms. The van der Waals surface area contributed by atoms with Gasteiger partial charge in [-0.1, -0.05) is 6.92 Å². The number of nitrogens with zero attached hydrogens (tertiary/aromatic N) is 3. The van der Waals surface area contributed by atoms with Crippen molar-refractivity contribution in [2.24, 2.45) is 0 Å². The Morgan fingerprint density at radius 1 is 1.42 bits per heavy atom. The van der Waals surface area contributed by atoms with Crippen molar-refractivity contribution in [1.82, 2.24) is 19.8 Å². The van der Waals surface area contributed by atoms with Gasteiger partial charge in [-0.3, -0.25) is 19.5 Å². The molecule has 2 rings (SSSR count). The lowest BCUT2D eigenvalue weighted by Crippen LogP contribution is -2.60. The molecule has 0 radical (unpaired) electrons. The maximum Gasteiger partial charge on any atom is 0.272 e. The van der Waals surface area contributed by atoms with E-state index >= 15 is 0 Å². The minimum absolute atomic E-state index is 0.0504. The van der Waals surface area contributed by atoms with E-state index in [1.165, 1.54) is 6.20 Å². The van der Waals surface area contributed by atoms with Gasteiger partial charge < -0.3 is 9.88 Å². The molecule has 1 aromatic rings. The smallest absolute Gasteiger partial charge is 0.272 e. The van der Waals surface area contributed by atoms with E-state index in [0.29, 0.717) is 13.1 Å². The SMILES string of the molecule is CCN1CCN(C(=O)c2cncc(=O)[nH]2)CC1(C)C. The number of carbonyl (C=O) groups excluding carboxylic acids is 1. The monoisotopic (exact) mass is 264 g/mol. The molecule has 1 N–H and O–H groups in total. The van der Waals surface area contributed by atoms with Gasteiger partial charge in [-0.15, -0.1) is 0 Å². The molecular weight excluding hydrogens is 244 g/mol. The summed E-state index contributed by atoms with van der Waals surface area (Å²) < 4.78 is 0. The summed E-state index contributed by atoms with van der Waals surface area (Å²) >= 11 is 0. The number of rotatable bonds is 2. The Hall–Kier alpha value is -1.69. The van der Waals surface area contributed by atoms with Crippen LogP contribution in [0.3, 0.4) is 0 Å². The van der Waals surface area contributed by atoms with Crippen molar-refractivity contribution in [3.05, 3.63) is 28.4 Å². The van der Waals surface area contributed by atoms with Crippen LogP contribution in [0.25, 0.3) is 0 Å². The van der Waals surface area contributed by atoms with Crippen LogP contribution in [0.1, 0.15) is 31.3 Å². The lowest BCUT2D eigenvalue weighted by molar-refractivity contribution is 0.0205. The zero-order valence-corrected chi connectivity index (χ0v) is 11.6. The minimum atomic E-state index is -0.350. The van der Waals surface area contributed by atoms with Gasteiger partial charge >= 0.3 is 0 Å². The van der Waals surface area contributed by atoms with Crippen LogP contribution in [0.5, 0.6) is 0 Å². The van der Waals surface area contributed by atoms with E-state index in [4.69, 9.17) is 0 Å². The van der Waals surface area contributed by atoms with Gasteiger partial charge in [-0.05, 0) is 20.4 Å². The van der Waals surface area contributed by atoms with Gasteiger partial charge in [0.25, 0.3) is 11.5 Å². The molecule has 1 amide bonds. The molecule has 1 aliphatic heterocycles. The van der Waals surface area contributed by atoms with E-state index < -0.39 is 0 Å². The number of piperazine rings is 1. The minimum Gasteiger partial charge on any atom is -0.334 e. The average Bonchev–Trinajstić information content (AvgIpc) is 2.36. The number of nitrogens with one attached hydrogen (secondary N) is 1. The number of hydrogen-bond donors (Lipinski definition) is 1. The lowest BCUT2D eigenvalue weighted by Gasteiger charge is -2.46. The molecule has 104 valence electrons. The highest BCUT2D eigenvalue weighted by Gasteiger charge is 2.35. The van der Waals surface area contributed by atoms with Gasteiger partial charge in [0.05, 0.1) is 12.4 Å². The topological polar surface area (TPSA) is 69.3 Å². The normalized spacial score (nSPS) is 19.4. The molecule has 0 aromatic carbocycles. The van der Waals surface area contributed by atoms with Gasteiger partial charge in [0.15, 0.2) is 0 Å². The molecule has 0 unspecified atom stereocenters. The second-order valence-electron chi connectivity index (χ2n) is 5.43. The average molecular weight is 264 g/mol. The van der Waals surface area contributed by atoms with Crippen molar-refractivity contribution in [2.45, 2.75) is 26.3 Å². The van der Waals surface area contributed by atoms with Crippen molar-refractivity contribution in [1.29, 1.82) is 0 Å². The summed E-state index contributed by atoms with van der Waals surface area (Å²) in [7, 11) is 0. The van der Waals surface area contributed by atoms with E-state index in [2.05, 4.69) is 35.6 Å². The number of H-pyrrole nitrogens is 1. The van der Waals surface area contributed by atoms with Crippen LogP contribution in [0.15, 0.2) is 17.2 Å². The summed E-state index contributed by atoms with van der Waals surface area (Å²) in [6.07, 6.45) is 2.57. The molecule has 1 aromatic heterocycles. The van der Waals surface area contributed by atoms with Crippen LogP contribution in [-0.2, 0) is 0 Å². The van der Waals surface area contributed by atoms with Crippen molar-refractivity contribution >= 4 is 5.91 Å². The molecule has 1 aliphatic rings. The molecule has 2 heterocycles. The summed E-state index contributed by atoms with van der Waals surface area (Å²) in [4.78, 5) is 34.0. The van der Waals surface area contributed by atoms with E-state index in [1.807, 2.05) is 0 Å². The Morgan fingerprint density at radius 2 is 2.16 bits per heavy atom. The number of aromatic amines is 1. The van der Waals surface area contributed by atoms with E-state index in [-0.39, 0.29) is 22.7 Å². The molecule has 0 saturated carbocycles. The third-order valence-electron chi connectivity index (χ3n) is 3.63. The van der Waals surface area contributed by atoms with Gasteiger partial charge in [0.2, 0.25) is 0 Å². The first-order chi connectivity index (χ1) is 8.94. The standard InChI is InChI=1S/C13H20N4O2/c1-4-17-6-5-16(9-13(17,2)3)12(19)10-7-14-8-11(18)15-10/h7-8H,4-6,9H2,1-3H3,(H,15,18). The molecule has 0 bridgehead atoms. The van der Waals surface area contributed by atoms with E-state index in [1.54, 1.807) is 4.90 Å². The van der Waals surface area contributed by atoms with Crippen molar-refractivity contribution in [2.75, 3.05) is 26.2 Å². The third kappa shape index (κ3) is 2.84. The molecule has 19 heavy (non-hydrogen) atoms. The summed E-state index contributed by atoms with van der Waals surface area (Å²) in [5.74, 6) is -0.158. The summed E-state index contributed by atoms with van der Waals surface area (Å²) in [5, 5.41) is 0. The third-order valence-corrected chi connectivity index (χ3v) is 3.63. The highest BCUT2D eigenvalue weighted by atomic mass is 16.2. The van der Waals surface area contributed by atoms with Gasteiger partial charge in [0, 0.05) is 25.2 Å². The van der Waals surface area contributed by atoms with Crippen molar-refractivity contribution in [3.8, 4) is 0 Å². The van der Waals surface area contributed by atoms with Crippen LogP contribution >= 0.6 is 0 Å². The fourth-order valence-corrected chi connectivity index (χ4v) is 2.61. The Balaban J connectivity index is 2.16. The molecule has 6 nitrogen and oxygen atoms in total. The number of amides is 1. The van der Waals surface area contributed by atoms with Gasteiger partial charge in [-0.2, -0.15) is 0 Å². The maximum absolute atomic E-state index is 12.3. The largest absolute Gasteiger partial charge is 0.334 e. The quantitative estimate of drug-likeness (QED) is 0.835. The van der Waals surface area contributed by atoms with Crippen LogP contribution in [-0.4, -0.2) is 57.4 Å². The van der Waals surface area contributed by atoms with Crippen LogP contribution in [0, 0.1) is 0 Å². The second-order valence-corrected chi connectivity index (χ2v) is 5.43. The fourth-order valence-electron chi connectivity index (χ4n) is 2.61. The zero-order valence-electron chi connectivity index (χ0n) is 11.6. The predicted octanol–water partition coefficient (Wildman–Crippen LogP) is 0.326. The number of hydrogen-bond acceptors (Lipinski definition) is 4. The first kappa shape index (κ1) is 13.7. The van der Waals surface area contributed by atoms with E-state index in [0.717, 1.165) is 19.3 Å². The molecule has 0 aliphatic carbocycles. The Kier molecular flexibility index (Phi) is 3.71. The molecule has 1 fully saturated rings. The summed E-state index contributed by atoms with van der Waals surface area (Å²) in [6, 6.07) is 0. The van der Waals surface area contributed by atoms with E-state index in [9.17, 15) is 9.59 Å². The second kappa shape index (κ2) is 5.13. The Morgan fingerprint density at radius 3 is 2.74 bits per heavy atom. The Labute approximate surface area is 112 Å². The molecular formula is C13H20N4O2. The van der Waals surface area contributed by atoms with Crippen LogP contribution in [0.2, 0.25) is 0 Å². The number of aromatic nitrogens is 2. The summed E-state index contributed by atoms with van der Waals surface area (Å²) in [6.45, 7) is 9.52. The first-order valence-corrected chi connectivity index (χ1v) is 6.52. The highest BCUT2D eigenvalue weighted by molar-refractivity contribution is 5.92. The van der Waals surface area contributed by atoms with Crippen LogP contribution in [0.4, 0.5) is 0 Å². The van der Waals surface area contributed by atoms with Crippen molar-refractivity contribution in [3.63, 3.8) is 0 Å². The maximum atomic E-state index is 12.3. The van der Waals surface area contributed by atoms with Gasteiger partial charge in [-0.25, -0.2) is 0 Å². The Bertz CT molecular complexity index is 523. The highest BCUT2D eigenvalue weighted by Crippen LogP contribution is 2.21. The fraction of sp³-hybridized carbons (Fsp3) is 0.615. The lowest BCUT2D eigenvalue weighted by atomic mass is 9.98. The molecule has 6 heteroatoms. The van der Waals surface area contributed by atoms with Gasteiger partial charge in [0.1, 0.15) is 5.69 Å². The number of carbonyl (C=O) groups is 1. The zero-order chi connectivity index (χ0) is 14.0.